The lowest BCUT2D eigenvalue weighted by molar-refractivity contribution is -0.141. The molecule has 0 unspecified atom stereocenters. The Morgan fingerprint density at radius 2 is 1.63 bits per heavy atom. The van der Waals surface area contributed by atoms with Crippen LogP contribution in [0.5, 0.6) is 0 Å². The highest BCUT2D eigenvalue weighted by molar-refractivity contribution is 7.92. The van der Waals surface area contributed by atoms with Gasteiger partial charge < -0.3 is 10.2 Å². The summed E-state index contributed by atoms with van der Waals surface area (Å²) in [5.41, 5.74) is 3.63. The Labute approximate surface area is 210 Å². The fourth-order valence-corrected chi connectivity index (χ4v) is 4.93. The van der Waals surface area contributed by atoms with Gasteiger partial charge in [-0.15, -0.1) is 0 Å². The zero-order valence-corrected chi connectivity index (χ0v) is 23.0. The van der Waals surface area contributed by atoms with Crippen LogP contribution in [0.3, 0.4) is 0 Å². The van der Waals surface area contributed by atoms with Crippen LogP contribution in [-0.4, -0.2) is 49.5 Å². The van der Waals surface area contributed by atoms with Crippen LogP contribution in [0.25, 0.3) is 0 Å². The molecule has 1 N–H and O–H groups in total. The van der Waals surface area contributed by atoms with Gasteiger partial charge in [-0.2, -0.15) is 0 Å². The predicted octanol–water partition coefficient (Wildman–Crippen LogP) is 4.10. The van der Waals surface area contributed by atoms with E-state index in [1.165, 1.54) is 4.90 Å². The lowest BCUT2D eigenvalue weighted by atomic mass is 10.0. The summed E-state index contributed by atoms with van der Waals surface area (Å²) in [4.78, 5) is 28.5. The number of hydrogen-bond donors (Lipinski definition) is 1. The normalized spacial score (nSPS) is 12.7. The van der Waals surface area contributed by atoms with Gasteiger partial charge in [0, 0.05) is 12.1 Å². The average molecular weight is 502 g/mol. The number of amides is 2. The van der Waals surface area contributed by atoms with Gasteiger partial charge in [-0.25, -0.2) is 8.42 Å². The third-order valence-corrected chi connectivity index (χ3v) is 6.91. The second-order valence-electron chi connectivity index (χ2n) is 10.2. The summed E-state index contributed by atoms with van der Waals surface area (Å²) >= 11 is 0. The second kappa shape index (κ2) is 11.2. The molecule has 2 rings (SSSR count). The number of carbonyl (C=O) groups excluding carboxylic acids is 2. The van der Waals surface area contributed by atoms with Crippen LogP contribution < -0.4 is 9.62 Å². The van der Waals surface area contributed by atoms with Gasteiger partial charge in [0.2, 0.25) is 21.8 Å². The van der Waals surface area contributed by atoms with E-state index >= 15 is 0 Å². The highest BCUT2D eigenvalue weighted by atomic mass is 32.2. The van der Waals surface area contributed by atoms with Crippen molar-refractivity contribution in [2.45, 2.75) is 73.0 Å². The van der Waals surface area contributed by atoms with E-state index in [2.05, 4.69) is 5.32 Å². The lowest BCUT2D eigenvalue weighted by Gasteiger charge is -2.35. The molecule has 35 heavy (non-hydrogen) atoms. The second-order valence-corrected chi connectivity index (χ2v) is 12.1. The van der Waals surface area contributed by atoms with Gasteiger partial charge >= 0.3 is 0 Å². The van der Waals surface area contributed by atoms with Crippen LogP contribution in [0.15, 0.2) is 42.5 Å². The molecule has 0 aliphatic rings. The van der Waals surface area contributed by atoms with E-state index in [4.69, 9.17) is 0 Å². The maximum Gasteiger partial charge on any atom is 0.244 e. The van der Waals surface area contributed by atoms with E-state index in [-0.39, 0.29) is 12.5 Å². The molecule has 2 aromatic rings. The molecule has 2 amide bonds. The van der Waals surface area contributed by atoms with Crippen molar-refractivity contribution in [2.75, 3.05) is 17.1 Å². The molecule has 0 radical (unpaired) electrons. The molecular weight excluding hydrogens is 462 g/mol. The van der Waals surface area contributed by atoms with E-state index in [1.54, 1.807) is 6.07 Å². The molecule has 0 fully saturated rings. The van der Waals surface area contributed by atoms with Gasteiger partial charge in [0.25, 0.3) is 0 Å². The molecule has 0 heterocycles. The van der Waals surface area contributed by atoms with E-state index < -0.39 is 34.1 Å². The van der Waals surface area contributed by atoms with Crippen LogP contribution in [0.4, 0.5) is 5.69 Å². The first-order chi connectivity index (χ1) is 16.1. The van der Waals surface area contributed by atoms with Gasteiger partial charge in [0.15, 0.2) is 0 Å². The first-order valence-electron chi connectivity index (χ1n) is 11.8. The number of aryl methyl sites for hydroxylation is 3. The molecule has 0 aliphatic heterocycles. The molecular formula is C27H39N3O4S. The minimum atomic E-state index is -3.76. The standard InChI is InChI=1S/C27H39N3O4S/c1-9-23(26(32)28-27(5,6)7)29(17-22-13-11-10-12-20(22)3)25(31)18-30(35(8,33)34)24-15-14-19(2)16-21(24)4/h10-16,23H,9,17-18H2,1-8H3,(H,28,32)/t23-/m0/s1. The summed E-state index contributed by atoms with van der Waals surface area (Å²) in [5.74, 6) is -0.700. The highest BCUT2D eigenvalue weighted by Crippen LogP contribution is 2.25. The zero-order chi connectivity index (χ0) is 26.6. The van der Waals surface area contributed by atoms with E-state index in [1.807, 2.05) is 84.9 Å². The predicted molar refractivity (Wildman–Crippen MR) is 142 cm³/mol. The Balaban J connectivity index is 2.51. The minimum Gasteiger partial charge on any atom is -0.350 e. The molecule has 192 valence electrons. The number of rotatable bonds is 9. The van der Waals surface area contributed by atoms with Crippen LogP contribution >= 0.6 is 0 Å². The maximum absolute atomic E-state index is 13.8. The Morgan fingerprint density at radius 1 is 1.00 bits per heavy atom. The van der Waals surface area contributed by atoms with Crippen molar-refractivity contribution >= 4 is 27.5 Å². The van der Waals surface area contributed by atoms with Crippen molar-refractivity contribution in [1.29, 1.82) is 0 Å². The van der Waals surface area contributed by atoms with Crippen molar-refractivity contribution in [3.05, 3.63) is 64.7 Å². The molecule has 0 bridgehead atoms. The Kier molecular flexibility index (Phi) is 9.11. The number of carbonyl (C=O) groups is 2. The molecule has 2 aromatic carbocycles. The van der Waals surface area contributed by atoms with Crippen molar-refractivity contribution in [1.82, 2.24) is 10.2 Å². The van der Waals surface area contributed by atoms with E-state index in [9.17, 15) is 18.0 Å². The molecule has 0 aliphatic carbocycles. The third kappa shape index (κ3) is 7.82. The fourth-order valence-electron chi connectivity index (χ4n) is 4.02. The van der Waals surface area contributed by atoms with Crippen LogP contribution in [0, 0.1) is 20.8 Å². The first-order valence-corrected chi connectivity index (χ1v) is 13.7. The van der Waals surface area contributed by atoms with Gasteiger partial charge in [0.1, 0.15) is 12.6 Å². The minimum absolute atomic E-state index is 0.200. The molecule has 0 spiro atoms. The quantitative estimate of drug-likeness (QED) is 0.560. The van der Waals surface area contributed by atoms with Crippen LogP contribution in [-0.2, 0) is 26.2 Å². The topological polar surface area (TPSA) is 86.8 Å². The number of anilines is 1. The first kappa shape index (κ1) is 28.4. The van der Waals surface area contributed by atoms with Crippen molar-refractivity contribution < 1.29 is 18.0 Å². The Hall–Kier alpha value is -2.87. The Morgan fingerprint density at radius 3 is 2.14 bits per heavy atom. The lowest BCUT2D eigenvalue weighted by Crippen LogP contribution is -2.55. The average Bonchev–Trinajstić information content (AvgIpc) is 2.71. The molecule has 7 nitrogen and oxygen atoms in total. The van der Waals surface area contributed by atoms with Gasteiger partial charge in [-0.1, -0.05) is 48.9 Å². The van der Waals surface area contributed by atoms with Crippen LogP contribution in [0.2, 0.25) is 0 Å². The number of benzene rings is 2. The van der Waals surface area contributed by atoms with Crippen LogP contribution in [0.1, 0.15) is 56.4 Å². The monoisotopic (exact) mass is 501 g/mol. The number of sulfonamides is 1. The van der Waals surface area contributed by atoms with E-state index in [0.29, 0.717) is 12.1 Å². The van der Waals surface area contributed by atoms with Gasteiger partial charge in [0.05, 0.1) is 11.9 Å². The highest BCUT2D eigenvalue weighted by Gasteiger charge is 2.33. The molecule has 0 saturated carbocycles. The smallest absolute Gasteiger partial charge is 0.244 e. The third-order valence-electron chi connectivity index (χ3n) is 5.79. The summed E-state index contributed by atoms with van der Waals surface area (Å²) in [7, 11) is -3.76. The van der Waals surface area contributed by atoms with Crippen molar-refractivity contribution in [3.8, 4) is 0 Å². The summed E-state index contributed by atoms with van der Waals surface area (Å²) in [6.45, 7) is 13.0. The molecule has 0 saturated heterocycles. The summed E-state index contributed by atoms with van der Waals surface area (Å²) in [6.07, 6.45) is 1.48. The number of nitrogens with zero attached hydrogens (tertiary/aromatic N) is 2. The number of hydrogen-bond acceptors (Lipinski definition) is 4. The van der Waals surface area contributed by atoms with Crippen molar-refractivity contribution in [3.63, 3.8) is 0 Å². The summed E-state index contributed by atoms with van der Waals surface area (Å²) in [5, 5.41) is 2.97. The summed E-state index contributed by atoms with van der Waals surface area (Å²) < 4.78 is 26.7. The zero-order valence-electron chi connectivity index (χ0n) is 22.2. The summed E-state index contributed by atoms with van der Waals surface area (Å²) in [6, 6.07) is 12.3. The molecule has 8 heteroatoms. The largest absolute Gasteiger partial charge is 0.350 e. The Bertz CT molecular complexity index is 1170. The number of nitrogens with one attached hydrogen (secondary N) is 1. The molecule has 1 atom stereocenters. The maximum atomic E-state index is 13.8. The van der Waals surface area contributed by atoms with Crippen molar-refractivity contribution in [2.24, 2.45) is 0 Å². The van der Waals surface area contributed by atoms with Gasteiger partial charge in [-0.05, 0) is 70.7 Å². The molecule has 0 aromatic heterocycles. The SMILES string of the molecule is CC[C@@H](C(=O)NC(C)(C)C)N(Cc1ccccc1C)C(=O)CN(c1ccc(C)cc1C)S(C)(=O)=O. The van der Waals surface area contributed by atoms with Gasteiger partial charge in [-0.3, -0.25) is 13.9 Å². The van der Waals surface area contributed by atoms with E-state index in [0.717, 1.165) is 32.8 Å². The fraction of sp³-hybridized carbons (Fsp3) is 0.481.